The molecule has 1 aromatic heterocycles. The Morgan fingerprint density at radius 1 is 1.29 bits per heavy atom. The van der Waals surface area contributed by atoms with Crippen molar-refractivity contribution in [3.05, 3.63) is 41.2 Å². The Morgan fingerprint density at radius 2 is 2.00 bits per heavy atom. The van der Waals surface area contributed by atoms with Gasteiger partial charge in [-0.2, -0.15) is 0 Å². The van der Waals surface area contributed by atoms with Crippen LogP contribution in [0, 0.1) is 6.92 Å². The van der Waals surface area contributed by atoms with Crippen LogP contribution >= 0.6 is 0 Å². The Bertz CT molecular complexity index is 516. The zero-order chi connectivity index (χ0) is 12.3. The van der Waals surface area contributed by atoms with Gasteiger partial charge in [-0.3, -0.25) is 4.79 Å². The number of carbonyl (C=O) groups is 1. The minimum Gasteiger partial charge on any atom is -0.294 e. The largest absolute Gasteiger partial charge is 0.294 e. The Morgan fingerprint density at radius 3 is 2.65 bits per heavy atom. The lowest BCUT2D eigenvalue weighted by atomic mass is 10.1. The molecule has 88 valence electrons. The molecule has 0 unspecified atom stereocenters. The van der Waals surface area contributed by atoms with Crippen molar-refractivity contribution < 1.29 is 4.79 Å². The summed E-state index contributed by atoms with van der Waals surface area (Å²) in [5.41, 5.74) is 1.83. The molecule has 2 aromatic rings. The molecule has 1 heterocycles. The first-order valence-corrected chi connectivity index (χ1v) is 5.55. The quantitative estimate of drug-likeness (QED) is 0.745. The lowest BCUT2D eigenvalue weighted by Crippen LogP contribution is -2.10. The summed E-state index contributed by atoms with van der Waals surface area (Å²) in [5.74, 6) is 0.646. The number of rotatable bonds is 4. The number of Topliss-reactive ketones (excluding diaryl/α,β-unsaturated/α-hetero) is 1. The van der Waals surface area contributed by atoms with E-state index < -0.39 is 0 Å². The van der Waals surface area contributed by atoms with E-state index in [1.807, 2.05) is 38.1 Å². The fourth-order valence-corrected chi connectivity index (χ4v) is 1.58. The van der Waals surface area contributed by atoms with Gasteiger partial charge in [-0.25, -0.2) is 4.68 Å². The number of aromatic nitrogens is 4. The molecule has 0 aliphatic heterocycles. The number of hydrogen-bond acceptors (Lipinski definition) is 4. The Balaban J connectivity index is 2.14. The highest BCUT2D eigenvalue weighted by Gasteiger charge is 2.12. The van der Waals surface area contributed by atoms with Crippen molar-refractivity contribution in [2.45, 2.75) is 26.8 Å². The fourth-order valence-electron chi connectivity index (χ4n) is 1.58. The van der Waals surface area contributed by atoms with Crippen molar-refractivity contribution in [3.63, 3.8) is 0 Å². The van der Waals surface area contributed by atoms with E-state index in [1.165, 1.54) is 0 Å². The first kappa shape index (κ1) is 11.4. The predicted molar refractivity (Wildman–Crippen MR) is 62.7 cm³/mol. The van der Waals surface area contributed by atoms with Crippen molar-refractivity contribution in [1.82, 2.24) is 20.2 Å². The third-order valence-corrected chi connectivity index (χ3v) is 2.60. The highest BCUT2D eigenvalue weighted by Crippen LogP contribution is 2.07. The number of tetrazole rings is 1. The second-order valence-corrected chi connectivity index (χ2v) is 3.88. The summed E-state index contributed by atoms with van der Waals surface area (Å²) < 4.78 is 1.63. The van der Waals surface area contributed by atoms with Gasteiger partial charge in [-0.05, 0) is 24.3 Å². The van der Waals surface area contributed by atoms with Crippen molar-refractivity contribution in [2.24, 2.45) is 0 Å². The Labute approximate surface area is 99.5 Å². The highest BCUT2D eigenvalue weighted by atomic mass is 16.1. The number of aryl methyl sites for hydroxylation is 2. The van der Waals surface area contributed by atoms with Gasteiger partial charge in [0.25, 0.3) is 0 Å². The van der Waals surface area contributed by atoms with Crippen LogP contribution in [0.25, 0.3) is 0 Å². The minimum atomic E-state index is 0.0366. The monoisotopic (exact) mass is 230 g/mol. The van der Waals surface area contributed by atoms with Crippen molar-refractivity contribution in [2.75, 3.05) is 0 Å². The number of nitrogens with zero attached hydrogens (tertiary/aromatic N) is 4. The molecule has 0 saturated heterocycles. The molecule has 0 saturated carbocycles. The van der Waals surface area contributed by atoms with Crippen LogP contribution in [0.2, 0.25) is 0 Å². The van der Waals surface area contributed by atoms with Gasteiger partial charge in [0.2, 0.25) is 0 Å². The molecule has 0 N–H and O–H groups in total. The summed E-state index contributed by atoms with van der Waals surface area (Å²) in [6.07, 6.45) is 0.240. The normalized spacial score (nSPS) is 10.5. The average Bonchev–Trinajstić information content (AvgIpc) is 2.77. The molecule has 0 fully saturated rings. The molecule has 0 amide bonds. The zero-order valence-electron chi connectivity index (χ0n) is 9.92. The van der Waals surface area contributed by atoms with E-state index in [2.05, 4.69) is 15.5 Å². The number of carbonyl (C=O) groups excluding carboxylic acids is 1. The summed E-state index contributed by atoms with van der Waals surface area (Å²) in [6, 6.07) is 7.52. The van der Waals surface area contributed by atoms with Gasteiger partial charge < -0.3 is 0 Å². The summed E-state index contributed by atoms with van der Waals surface area (Å²) in [5, 5.41) is 11.2. The van der Waals surface area contributed by atoms with Crippen molar-refractivity contribution in [3.8, 4) is 0 Å². The molecule has 0 aliphatic rings. The van der Waals surface area contributed by atoms with Gasteiger partial charge in [0.05, 0.1) is 6.42 Å². The molecule has 0 atom stereocenters. The second kappa shape index (κ2) is 4.86. The smallest absolute Gasteiger partial charge is 0.170 e. The Hall–Kier alpha value is -2.04. The summed E-state index contributed by atoms with van der Waals surface area (Å²) in [7, 11) is 0. The predicted octanol–water partition coefficient (Wildman–Crippen LogP) is 1.43. The number of hydrogen-bond donors (Lipinski definition) is 0. The van der Waals surface area contributed by atoms with Gasteiger partial charge in [0.1, 0.15) is 0 Å². The summed E-state index contributed by atoms with van der Waals surface area (Å²) >= 11 is 0. The van der Waals surface area contributed by atoms with Crippen LogP contribution in [0.15, 0.2) is 24.3 Å². The Kier molecular flexibility index (Phi) is 3.27. The molecule has 0 aliphatic carbocycles. The van der Waals surface area contributed by atoms with E-state index in [9.17, 15) is 4.79 Å². The molecule has 1 aromatic carbocycles. The average molecular weight is 230 g/mol. The maximum absolute atomic E-state index is 12.0. The fraction of sp³-hybridized carbons (Fsp3) is 0.333. The molecular formula is C12H14N4O. The number of ketones is 1. The lowest BCUT2D eigenvalue weighted by molar-refractivity contribution is 0.0989. The van der Waals surface area contributed by atoms with Gasteiger partial charge in [0, 0.05) is 12.1 Å². The molecule has 5 nitrogen and oxygen atoms in total. The highest BCUT2D eigenvalue weighted by molar-refractivity contribution is 5.97. The first-order chi connectivity index (χ1) is 8.20. The lowest BCUT2D eigenvalue weighted by Gasteiger charge is -2.01. The van der Waals surface area contributed by atoms with Crippen LogP contribution in [0.3, 0.4) is 0 Å². The van der Waals surface area contributed by atoms with Crippen LogP contribution in [0.5, 0.6) is 0 Å². The zero-order valence-corrected chi connectivity index (χ0v) is 9.92. The minimum absolute atomic E-state index is 0.0366. The van der Waals surface area contributed by atoms with Crippen molar-refractivity contribution >= 4 is 5.78 Å². The van der Waals surface area contributed by atoms with E-state index in [1.54, 1.807) is 4.68 Å². The molecule has 5 heteroatoms. The van der Waals surface area contributed by atoms with E-state index in [0.29, 0.717) is 17.9 Å². The SMILES string of the molecule is CCn1nnnc1CC(=O)c1ccc(C)cc1. The third-order valence-electron chi connectivity index (χ3n) is 2.60. The van der Waals surface area contributed by atoms with E-state index in [-0.39, 0.29) is 12.2 Å². The van der Waals surface area contributed by atoms with Gasteiger partial charge >= 0.3 is 0 Å². The second-order valence-electron chi connectivity index (χ2n) is 3.88. The van der Waals surface area contributed by atoms with E-state index in [4.69, 9.17) is 0 Å². The molecule has 2 rings (SSSR count). The molecule has 0 bridgehead atoms. The molecule has 0 radical (unpaired) electrons. The third kappa shape index (κ3) is 2.55. The molecule has 17 heavy (non-hydrogen) atoms. The van der Waals surface area contributed by atoms with E-state index >= 15 is 0 Å². The first-order valence-electron chi connectivity index (χ1n) is 5.55. The van der Waals surface area contributed by atoms with Crippen LogP contribution in [-0.4, -0.2) is 26.0 Å². The van der Waals surface area contributed by atoms with Gasteiger partial charge in [0.15, 0.2) is 11.6 Å². The summed E-state index contributed by atoms with van der Waals surface area (Å²) in [6.45, 7) is 4.60. The van der Waals surface area contributed by atoms with Crippen LogP contribution in [0.4, 0.5) is 0 Å². The molecule has 0 spiro atoms. The maximum Gasteiger partial charge on any atom is 0.170 e. The summed E-state index contributed by atoms with van der Waals surface area (Å²) in [4.78, 5) is 12.0. The maximum atomic E-state index is 12.0. The topological polar surface area (TPSA) is 60.7 Å². The van der Waals surface area contributed by atoms with Gasteiger partial charge in [-0.15, -0.1) is 5.10 Å². The van der Waals surface area contributed by atoms with E-state index in [0.717, 1.165) is 5.56 Å². The molecular weight excluding hydrogens is 216 g/mol. The van der Waals surface area contributed by atoms with Crippen molar-refractivity contribution in [1.29, 1.82) is 0 Å². The number of benzene rings is 1. The standard InChI is InChI=1S/C12H14N4O/c1-3-16-12(13-14-15-16)8-11(17)10-6-4-9(2)5-7-10/h4-7H,3,8H2,1-2H3. The van der Waals surface area contributed by atoms with Crippen LogP contribution in [-0.2, 0) is 13.0 Å². The van der Waals surface area contributed by atoms with Crippen LogP contribution in [0.1, 0.15) is 28.7 Å². The van der Waals surface area contributed by atoms with Gasteiger partial charge in [-0.1, -0.05) is 29.8 Å². The van der Waals surface area contributed by atoms with Crippen LogP contribution < -0.4 is 0 Å².